The van der Waals surface area contributed by atoms with Crippen molar-refractivity contribution in [1.82, 2.24) is 10.2 Å². The summed E-state index contributed by atoms with van der Waals surface area (Å²) in [6.07, 6.45) is 1.83. The lowest BCUT2D eigenvalue weighted by Crippen LogP contribution is -2.40. The van der Waals surface area contributed by atoms with E-state index in [1.54, 1.807) is 11.8 Å². The van der Waals surface area contributed by atoms with Gasteiger partial charge in [0, 0.05) is 12.3 Å². The molecule has 1 amide bonds. The van der Waals surface area contributed by atoms with Gasteiger partial charge in [-0.05, 0) is 13.3 Å². The van der Waals surface area contributed by atoms with Gasteiger partial charge in [-0.3, -0.25) is 10.1 Å². The van der Waals surface area contributed by atoms with Gasteiger partial charge in [0.25, 0.3) is 0 Å². The van der Waals surface area contributed by atoms with Crippen LogP contribution in [0.4, 0.5) is 0 Å². The number of carbonyl (C=O) groups excluding carboxylic acids is 1. The van der Waals surface area contributed by atoms with Crippen LogP contribution in [0, 0.1) is 0 Å². The van der Waals surface area contributed by atoms with E-state index in [0.29, 0.717) is 6.54 Å². The number of hydrogen-bond acceptors (Lipinski definition) is 4. The van der Waals surface area contributed by atoms with Crippen molar-refractivity contribution < 1.29 is 13.2 Å². The molecule has 0 bridgehead atoms. The van der Waals surface area contributed by atoms with Crippen molar-refractivity contribution >= 4 is 15.7 Å². The fourth-order valence-corrected chi connectivity index (χ4v) is 2.78. The van der Waals surface area contributed by atoms with Gasteiger partial charge in [0.05, 0.1) is 18.0 Å². The molecule has 0 aliphatic carbocycles. The number of hydrogen-bond donors (Lipinski definition) is 1. The van der Waals surface area contributed by atoms with Crippen LogP contribution < -0.4 is 5.32 Å². The van der Waals surface area contributed by atoms with Crippen LogP contribution >= 0.6 is 0 Å². The molecule has 1 N–H and O–H groups in total. The van der Waals surface area contributed by atoms with Gasteiger partial charge in [-0.2, -0.15) is 0 Å². The van der Waals surface area contributed by atoms with Gasteiger partial charge in [0.2, 0.25) is 5.91 Å². The lowest BCUT2D eigenvalue weighted by atomic mass is 10.2. The normalized spacial score (nSPS) is 25.6. The molecule has 1 rings (SSSR count). The summed E-state index contributed by atoms with van der Waals surface area (Å²) < 4.78 is 22.9. The third-order valence-corrected chi connectivity index (χ3v) is 4.80. The van der Waals surface area contributed by atoms with Crippen LogP contribution in [0.3, 0.4) is 0 Å². The molecular formula is C11H22N2O3S. The Hall–Kier alpha value is -0.620. The molecule has 100 valence electrons. The molecule has 2 atom stereocenters. The molecule has 0 spiro atoms. The lowest BCUT2D eigenvalue weighted by Gasteiger charge is -2.23. The van der Waals surface area contributed by atoms with Crippen LogP contribution in [0.25, 0.3) is 0 Å². The Morgan fingerprint density at radius 3 is 2.53 bits per heavy atom. The topological polar surface area (TPSA) is 66.5 Å². The Bertz CT molecular complexity index is 367. The molecule has 17 heavy (non-hydrogen) atoms. The minimum atomic E-state index is -3.01. The molecule has 0 aromatic carbocycles. The second-order valence-corrected chi connectivity index (χ2v) is 6.93. The van der Waals surface area contributed by atoms with E-state index in [4.69, 9.17) is 0 Å². The van der Waals surface area contributed by atoms with Gasteiger partial charge in [-0.15, -0.1) is 0 Å². The maximum absolute atomic E-state index is 11.9. The van der Waals surface area contributed by atoms with Crippen molar-refractivity contribution in [2.75, 3.05) is 18.1 Å². The summed E-state index contributed by atoms with van der Waals surface area (Å²) in [6.45, 7) is 5.80. The summed E-state index contributed by atoms with van der Waals surface area (Å²) in [5.41, 5.74) is 0. The average molecular weight is 262 g/mol. The molecule has 5 nitrogen and oxygen atoms in total. The van der Waals surface area contributed by atoms with E-state index < -0.39 is 9.84 Å². The standard InChI is InChI=1S/C11H22N2O3S/c1-4-6-10-12-9(3)11(14)13(10)7-8-17(15,16)5-2/h9-10,12H,4-8H2,1-3H3. The Balaban J connectivity index is 2.63. The largest absolute Gasteiger partial charge is 0.325 e. The number of sulfone groups is 1. The maximum atomic E-state index is 11.9. The first-order valence-corrected chi connectivity index (χ1v) is 8.00. The van der Waals surface area contributed by atoms with Crippen molar-refractivity contribution in [2.45, 2.75) is 45.8 Å². The third kappa shape index (κ3) is 3.67. The van der Waals surface area contributed by atoms with Crippen LogP contribution in [0.1, 0.15) is 33.6 Å². The molecule has 0 radical (unpaired) electrons. The van der Waals surface area contributed by atoms with Crippen LogP contribution in [0.5, 0.6) is 0 Å². The molecule has 0 aromatic heterocycles. The first kappa shape index (κ1) is 14.4. The lowest BCUT2D eigenvalue weighted by molar-refractivity contribution is -0.129. The second kappa shape index (κ2) is 5.82. The highest BCUT2D eigenvalue weighted by Crippen LogP contribution is 2.14. The van der Waals surface area contributed by atoms with E-state index in [9.17, 15) is 13.2 Å². The van der Waals surface area contributed by atoms with Gasteiger partial charge in [0.15, 0.2) is 9.84 Å². The van der Waals surface area contributed by atoms with Crippen molar-refractivity contribution in [3.05, 3.63) is 0 Å². The van der Waals surface area contributed by atoms with Gasteiger partial charge in [-0.1, -0.05) is 20.3 Å². The first-order valence-electron chi connectivity index (χ1n) is 6.18. The zero-order valence-corrected chi connectivity index (χ0v) is 11.6. The predicted octanol–water partition coefficient (Wildman–Crippen LogP) is 0.368. The van der Waals surface area contributed by atoms with Gasteiger partial charge in [-0.25, -0.2) is 8.42 Å². The van der Waals surface area contributed by atoms with Gasteiger partial charge < -0.3 is 4.90 Å². The molecule has 1 saturated heterocycles. The van der Waals surface area contributed by atoms with Crippen molar-refractivity contribution in [3.63, 3.8) is 0 Å². The molecule has 1 fully saturated rings. The third-order valence-electron chi connectivity index (χ3n) is 3.12. The monoisotopic (exact) mass is 262 g/mol. The molecule has 1 aliphatic heterocycles. The summed E-state index contributed by atoms with van der Waals surface area (Å²) in [4.78, 5) is 13.5. The average Bonchev–Trinajstić information content (AvgIpc) is 2.53. The zero-order valence-electron chi connectivity index (χ0n) is 10.8. The quantitative estimate of drug-likeness (QED) is 0.751. The summed E-state index contributed by atoms with van der Waals surface area (Å²) in [7, 11) is -3.01. The van der Waals surface area contributed by atoms with Crippen LogP contribution in [-0.4, -0.2) is 49.5 Å². The fraction of sp³-hybridized carbons (Fsp3) is 0.909. The minimum Gasteiger partial charge on any atom is -0.325 e. The van der Waals surface area contributed by atoms with Crippen molar-refractivity contribution in [1.29, 1.82) is 0 Å². The first-order chi connectivity index (χ1) is 7.91. The van der Waals surface area contributed by atoms with Crippen LogP contribution in [-0.2, 0) is 14.6 Å². The molecule has 1 heterocycles. The highest BCUT2D eigenvalue weighted by Gasteiger charge is 2.35. The van der Waals surface area contributed by atoms with E-state index in [-0.39, 0.29) is 29.6 Å². The smallest absolute Gasteiger partial charge is 0.240 e. The minimum absolute atomic E-state index is 0.00504. The summed E-state index contributed by atoms with van der Waals surface area (Å²) >= 11 is 0. The fourth-order valence-electron chi connectivity index (χ4n) is 2.01. The number of amides is 1. The molecular weight excluding hydrogens is 240 g/mol. The van der Waals surface area contributed by atoms with E-state index in [1.807, 2.05) is 6.92 Å². The number of rotatable bonds is 6. The molecule has 2 unspecified atom stereocenters. The van der Waals surface area contributed by atoms with E-state index in [2.05, 4.69) is 12.2 Å². The SMILES string of the molecule is CCCC1NC(C)C(=O)N1CCS(=O)(=O)CC. The molecule has 6 heteroatoms. The van der Waals surface area contributed by atoms with Gasteiger partial charge >= 0.3 is 0 Å². The van der Waals surface area contributed by atoms with Crippen LogP contribution in [0.2, 0.25) is 0 Å². The highest BCUT2D eigenvalue weighted by molar-refractivity contribution is 7.91. The maximum Gasteiger partial charge on any atom is 0.240 e. The molecule has 1 aliphatic rings. The summed E-state index contributed by atoms with van der Waals surface area (Å²) in [6, 6.07) is -0.198. The van der Waals surface area contributed by atoms with E-state index in [0.717, 1.165) is 12.8 Å². The zero-order chi connectivity index (χ0) is 13.1. The highest BCUT2D eigenvalue weighted by atomic mass is 32.2. The Morgan fingerprint density at radius 2 is 2.00 bits per heavy atom. The van der Waals surface area contributed by atoms with Gasteiger partial charge in [0.1, 0.15) is 0 Å². The number of nitrogens with one attached hydrogen (secondary N) is 1. The number of carbonyl (C=O) groups is 1. The Morgan fingerprint density at radius 1 is 1.35 bits per heavy atom. The molecule has 0 saturated carbocycles. The van der Waals surface area contributed by atoms with Crippen molar-refractivity contribution in [3.8, 4) is 0 Å². The summed E-state index contributed by atoms with van der Waals surface area (Å²) in [5.74, 6) is 0.204. The summed E-state index contributed by atoms with van der Waals surface area (Å²) in [5, 5.41) is 3.19. The van der Waals surface area contributed by atoms with E-state index in [1.165, 1.54) is 0 Å². The predicted molar refractivity (Wildman–Crippen MR) is 67.3 cm³/mol. The Kier molecular flexibility index (Phi) is 4.94. The van der Waals surface area contributed by atoms with Crippen molar-refractivity contribution in [2.24, 2.45) is 0 Å². The van der Waals surface area contributed by atoms with Crippen LogP contribution in [0.15, 0.2) is 0 Å². The Labute approximate surface area is 103 Å². The molecule has 0 aromatic rings. The number of nitrogens with zero attached hydrogens (tertiary/aromatic N) is 1. The van der Waals surface area contributed by atoms with E-state index >= 15 is 0 Å². The second-order valence-electron chi connectivity index (χ2n) is 4.46.